The number of hydrogen-bond donors (Lipinski definition) is 0. The van der Waals surface area contributed by atoms with Gasteiger partial charge in [0.15, 0.2) is 0 Å². The van der Waals surface area contributed by atoms with Crippen molar-refractivity contribution in [2.24, 2.45) is 0 Å². The molecule has 0 radical (unpaired) electrons. The van der Waals surface area contributed by atoms with Gasteiger partial charge in [-0.05, 0) is 18.2 Å². The minimum absolute atomic E-state index is 0.235. The van der Waals surface area contributed by atoms with E-state index >= 15 is 0 Å². The number of aromatic nitrogens is 3. The second-order valence-corrected chi connectivity index (χ2v) is 4.05. The Balaban J connectivity index is 2.58. The van der Waals surface area contributed by atoms with Gasteiger partial charge in [-0.3, -0.25) is 0 Å². The third-order valence-electron chi connectivity index (χ3n) is 1.89. The Morgan fingerprint density at radius 1 is 1.47 bits per heavy atom. The summed E-state index contributed by atoms with van der Waals surface area (Å²) in [6.45, 7) is 0. The fraction of sp³-hybridized carbons (Fsp3) is 0.111. The number of hydrogen-bond acceptors (Lipinski definition) is 2. The molecule has 1 aromatic carbocycles. The zero-order chi connectivity index (χ0) is 10.8. The van der Waals surface area contributed by atoms with Crippen molar-refractivity contribution in [2.75, 3.05) is 0 Å². The Kier molecular flexibility index (Phi) is 3.02. The highest BCUT2D eigenvalue weighted by Gasteiger charge is 2.10. The first-order valence-corrected chi connectivity index (χ1v) is 5.46. The van der Waals surface area contributed by atoms with Crippen molar-refractivity contribution >= 4 is 27.5 Å². The van der Waals surface area contributed by atoms with Crippen LogP contribution < -0.4 is 0 Å². The van der Waals surface area contributed by atoms with Crippen LogP contribution >= 0.6 is 27.5 Å². The van der Waals surface area contributed by atoms with Crippen LogP contribution in [0.15, 0.2) is 28.9 Å². The maximum atomic E-state index is 13.5. The van der Waals surface area contributed by atoms with E-state index in [-0.39, 0.29) is 11.7 Å². The summed E-state index contributed by atoms with van der Waals surface area (Å²) in [7, 11) is 0. The second-order valence-electron chi connectivity index (χ2n) is 2.87. The second kappa shape index (κ2) is 4.28. The molecule has 6 heteroatoms. The lowest BCUT2D eigenvalue weighted by atomic mass is 10.3. The molecule has 0 aliphatic rings. The lowest BCUT2D eigenvalue weighted by Crippen LogP contribution is -2.03. The van der Waals surface area contributed by atoms with E-state index in [0.717, 1.165) is 4.47 Å². The van der Waals surface area contributed by atoms with Gasteiger partial charge >= 0.3 is 0 Å². The Morgan fingerprint density at radius 3 is 3.00 bits per heavy atom. The molecule has 0 aliphatic carbocycles. The third-order valence-corrected chi connectivity index (χ3v) is 2.66. The van der Waals surface area contributed by atoms with E-state index in [0.29, 0.717) is 11.4 Å². The maximum Gasteiger partial charge on any atom is 0.149 e. The molecule has 0 N–H and O–H groups in total. The number of halogens is 3. The van der Waals surface area contributed by atoms with Crippen LogP contribution in [0.5, 0.6) is 0 Å². The average Bonchev–Trinajstić information content (AvgIpc) is 2.69. The predicted octanol–water partition coefficient (Wildman–Crippen LogP) is 2.91. The van der Waals surface area contributed by atoms with Gasteiger partial charge in [-0.25, -0.2) is 9.07 Å². The summed E-state index contributed by atoms with van der Waals surface area (Å²) >= 11 is 8.95. The number of nitrogens with zero attached hydrogens (tertiary/aromatic N) is 3. The van der Waals surface area contributed by atoms with E-state index in [9.17, 15) is 4.39 Å². The zero-order valence-electron chi connectivity index (χ0n) is 7.49. The number of benzene rings is 1. The molecule has 1 heterocycles. The van der Waals surface area contributed by atoms with Crippen molar-refractivity contribution < 1.29 is 4.39 Å². The molecule has 0 saturated carbocycles. The van der Waals surface area contributed by atoms with Gasteiger partial charge in [0.25, 0.3) is 0 Å². The molecule has 2 rings (SSSR count). The summed E-state index contributed by atoms with van der Waals surface area (Å²) in [6.07, 6.45) is 1.51. The fourth-order valence-corrected chi connectivity index (χ4v) is 1.73. The smallest absolute Gasteiger partial charge is 0.149 e. The molecule has 0 fully saturated rings. The minimum Gasteiger partial charge on any atom is -0.213 e. The molecule has 0 amide bonds. The highest BCUT2D eigenvalue weighted by atomic mass is 79.9. The van der Waals surface area contributed by atoms with Crippen LogP contribution in [0.25, 0.3) is 5.69 Å². The van der Waals surface area contributed by atoms with Gasteiger partial charge in [-0.2, -0.15) is 0 Å². The van der Waals surface area contributed by atoms with Crippen LogP contribution in [0.3, 0.4) is 0 Å². The van der Waals surface area contributed by atoms with E-state index in [1.807, 2.05) is 0 Å². The molecule has 0 aliphatic heterocycles. The highest BCUT2D eigenvalue weighted by Crippen LogP contribution is 2.20. The van der Waals surface area contributed by atoms with Crippen molar-refractivity contribution in [1.29, 1.82) is 0 Å². The normalized spacial score (nSPS) is 10.6. The SMILES string of the molecule is Fc1ccc(Br)cc1-n1nncc1CCl. The Bertz CT molecular complexity index is 486. The summed E-state index contributed by atoms with van der Waals surface area (Å²) in [5.41, 5.74) is 0.978. The Labute approximate surface area is 99.0 Å². The van der Waals surface area contributed by atoms with Gasteiger partial charge in [0.05, 0.1) is 17.8 Å². The van der Waals surface area contributed by atoms with Crippen molar-refractivity contribution in [2.45, 2.75) is 5.88 Å². The van der Waals surface area contributed by atoms with Crippen LogP contribution in [0.1, 0.15) is 5.69 Å². The first kappa shape index (κ1) is 10.6. The molecule has 0 unspecified atom stereocenters. The molecule has 15 heavy (non-hydrogen) atoms. The molecule has 3 nitrogen and oxygen atoms in total. The molecule has 0 spiro atoms. The molecule has 1 aromatic heterocycles. The van der Waals surface area contributed by atoms with Gasteiger partial charge in [-0.15, -0.1) is 16.7 Å². The lowest BCUT2D eigenvalue weighted by molar-refractivity contribution is 0.604. The van der Waals surface area contributed by atoms with Gasteiger partial charge in [-0.1, -0.05) is 21.1 Å². The molecule has 0 saturated heterocycles. The van der Waals surface area contributed by atoms with Gasteiger partial charge in [0, 0.05) is 4.47 Å². The molecule has 0 atom stereocenters. The van der Waals surface area contributed by atoms with Crippen LogP contribution in [0.2, 0.25) is 0 Å². The van der Waals surface area contributed by atoms with E-state index in [1.165, 1.54) is 16.9 Å². The average molecular weight is 291 g/mol. The Morgan fingerprint density at radius 2 is 2.27 bits per heavy atom. The number of rotatable bonds is 2. The minimum atomic E-state index is -0.366. The van der Waals surface area contributed by atoms with Crippen molar-refractivity contribution in [1.82, 2.24) is 15.0 Å². The van der Waals surface area contributed by atoms with Gasteiger partial charge < -0.3 is 0 Å². The van der Waals surface area contributed by atoms with Crippen molar-refractivity contribution in [3.63, 3.8) is 0 Å². The fourth-order valence-electron chi connectivity index (χ4n) is 1.20. The monoisotopic (exact) mass is 289 g/mol. The van der Waals surface area contributed by atoms with Gasteiger partial charge in [0.2, 0.25) is 0 Å². The maximum absolute atomic E-state index is 13.5. The molecular weight excluding hydrogens is 284 g/mol. The van der Waals surface area contributed by atoms with Crippen LogP contribution in [0.4, 0.5) is 4.39 Å². The van der Waals surface area contributed by atoms with Crippen molar-refractivity contribution in [3.8, 4) is 5.69 Å². The molecule has 0 bridgehead atoms. The molecular formula is C9H6BrClFN3. The van der Waals surface area contributed by atoms with Crippen molar-refractivity contribution in [3.05, 3.63) is 40.4 Å². The highest BCUT2D eigenvalue weighted by molar-refractivity contribution is 9.10. The van der Waals surface area contributed by atoms with Crippen LogP contribution in [0, 0.1) is 5.82 Å². The third kappa shape index (κ3) is 2.03. The quantitative estimate of drug-likeness (QED) is 0.796. The zero-order valence-corrected chi connectivity index (χ0v) is 9.83. The standard InChI is InChI=1S/C9H6BrClFN3/c10-6-1-2-8(12)9(3-6)15-7(4-11)5-13-14-15/h1-3,5H,4H2. The predicted molar refractivity (Wildman–Crippen MR) is 58.6 cm³/mol. The topological polar surface area (TPSA) is 30.7 Å². The summed E-state index contributed by atoms with van der Waals surface area (Å²) < 4.78 is 15.7. The van der Waals surface area contributed by atoms with E-state index < -0.39 is 0 Å². The summed E-state index contributed by atoms with van der Waals surface area (Å²) in [4.78, 5) is 0. The largest absolute Gasteiger partial charge is 0.213 e. The lowest BCUT2D eigenvalue weighted by Gasteiger charge is -2.05. The van der Waals surface area contributed by atoms with Crippen LogP contribution in [-0.4, -0.2) is 15.0 Å². The first-order valence-electron chi connectivity index (χ1n) is 4.13. The van der Waals surface area contributed by atoms with E-state index in [1.54, 1.807) is 12.1 Å². The van der Waals surface area contributed by atoms with Gasteiger partial charge in [0.1, 0.15) is 11.5 Å². The summed E-state index contributed by atoms with van der Waals surface area (Å²) in [5.74, 6) is -0.131. The van der Waals surface area contributed by atoms with Crippen LogP contribution in [-0.2, 0) is 5.88 Å². The molecule has 78 valence electrons. The Hall–Kier alpha value is -0.940. The first-order chi connectivity index (χ1) is 7.22. The molecule has 2 aromatic rings. The summed E-state index contributed by atoms with van der Waals surface area (Å²) in [5, 5.41) is 7.47. The summed E-state index contributed by atoms with van der Waals surface area (Å²) in [6, 6.07) is 4.61. The number of alkyl halides is 1. The van der Waals surface area contributed by atoms with E-state index in [4.69, 9.17) is 11.6 Å². The van der Waals surface area contributed by atoms with E-state index in [2.05, 4.69) is 26.2 Å².